The number of esters is 1. The monoisotopic (exact) mass is 327 g/mol. The van der Waals surface area contributed by atoms with Crippen LogP contribution in [-0.4, -0.2) is 60.7 Å². The number of nitrogens with zero attached hydrogens (tertiary/aromatic N) is 2. The zero-order valence-electron chi connectivity index (χ0n) is 13.0. The van der Waals surface area contributed by atoms with Crippen molar-refractivity contribution in [1.82, 2.24) is 9.88 Å². The summed E-state index contributed by atoms with van der Waals surface area (Å²) in [6.45, 7) is 8.40. The number of aryl methyl sites for hydroxylation is 1. The van der Waals surface area contributed by atoms with E-state index in [9.17, 15) is 9.59 Å². The number of anilines is 1. The molecule has 0 aromatic carbocycles. The molecule has 1 aromatic heterocycles. The highest BCUT2D eigenvalue weighted by molar-refractivity contribution is 7.17. The predicted molar refractivity (Wildman–Crippen MR) is 83.3 cm³/mol. The number of hydrogen-bond acceptors (Lipinski definition) is 7. The minimum absolute atomic E-state index is 0.139. The Morgan fingerprint density at radius 3 is 2.73 bits per heavy atom. The molecular formula is C14H21N3O4S. The summed E-state index contributed by atoms with van der Waals surface area (Å²) in [5.41, 5.74) is 0.567. The Bertz CT molecular complexity index is 538. The summed E-state index contributed by atoms with van der Waals surface area (Å²) >= 11 is 1.14. The molecule has 0 saturated carbocycles. The van der Waals surface area contributed by atoms with Gasteiger partial charge in [-0.15, -0.1) is 0 Å². The van der Waals surface area contributed by atoms with Gasteiger partial charge in [0.25, 0.3) is 0 Å². The van der Waals surface area contributed by atoms with Crippen molar-refractivity contribution in [3.05, 3.63) is 10.6 Å². The minimum Gasteiger partial charge on any atom is -0.459 e. The quantitative estimate of drug-likeness (QED) is 0.821. The van der Waals surface area contributed by atoms with Gasteiger partial charge < -0.3 is 14.8 Å². The fourth-order valence-electron chi connectivity index (χ4n) is 2.03. The second kappa shape index (κ2) is 7.66. The molecule has 7 nitrogen and oxygen atoms in total. The molecule has 0 bridgehead atoms. The molecule has 122 valence electrons. The van der Waals surface area contributed by atoms with Crippen molar-refractivity contribution in [2.24, 2.45) is 0 Å². The van der Waals surface area contributed by atoms with E-state index in [0.717, 1.165) is 24.4 Å². The Labute approximate surface area is 133 Å². The molecule has 0 unspecified atom stereocenters. The van der Waals surface area contributed by atoms with Gasteiger partial charge in [-0.2, -0.15) is 0 Å². The summed E-state index contributed by atoms with van der Waals surface area (Å²) in [6.07, 6.45) is -0.187. The van der Waals surface area contributed by atoms with Gasteiger partial charge in [0.2, 0.25) is 5.91 Å². The summed E-state index contributed by atoms with van der Waals surface area (Å²) in [6, 6.07) is 0. The summed E-state index contributed by atoms with van der Waals surface area (Å²) in [4.78, 5) is 30.6. The number of aromatic nitrogens is 1. The third-order valence-corrected chi connectivity index (χ3v) is 4.09. The fourth-order valence-corrected chi connectivity index (χ4v) is 2.89. The van der Waals surface area contributed by atoms with Crippen molar-refractivity contribution in [3.63, 3.8) is 0 Å². The number of ether oxygens (including phenoxy) is 2. The molecule has 1 aromatic rings. The van der Waals surface area contributed by atoms with Crippen LogP contribution in [-0.2, 0) is 14.3 Å². The molecule has 22 heavy (non-hydrogen) atoms. The van der Waals surface area contributed by atoms with E-state index < -0.39 is 5.97 Å². The number of rotatable bonds is 5. The SMILES string of the molecule is Cc1nc(NC(=O)CN2CCOCC2)sc1C(=O)OC(C)C. The Kier molecular flexibility index (Phi) is 5.87. The molecule has 1 aliphatic heterocycles. The molecule has 0 radical (unpaired) electrons. The highest BCUT2D eigenvalue weighted by atomic mass is 32.1. The lowest BCUT2D eigenvalue weighted by Crippen LogP contribution is -2.41. The average Bonchev–Trinajstić information content (AvgIpc) is 2.79. The van der Waals surface area contributed by atoms with Gasteiger partial charge in [0, 0.05) is 13.1 Å². The van der Waals surface area contributed by atoms with Crippen LogP contribution >= 0.6 is 11.3 Å². The molecule has 1 aliphatic rings. The van der Waals surface area contributed by atoms with Crippen molar-refractivity contribution in [2.45, 2.75) is 26.9 Å². The van der Waals surface area contributed by atoms with Gasteiger partial charge in [0.15, 0.2) is 5.13 Å². The maximum Gasteiger partial charge on any atom is 0.350 e. The van der Waals surface area contributed by atoms with Gasteiger partial charge in [-0.3, -0.25) is 9.69 Å². The smallest absolute Gasteiger partial charge is 0.350 e. The molecule has 1 saturated heterocycles. The summed E-state index contributed by atoms with van der Waals surface area (Å²) in [5.74, 6) is -0.543. The molecule has 2 rings (SSSR count). The van der Waals surface area contributed by atoms with Gasteiger partial charge in [-0.05, 0) is 20.8 Å². The number of nitrogens with one attached hydrogen (secondary N) is 1. The van der Waals surface area contributed by atoms with Crippen molar-refractivity contribution in [2.75, 3.05) is 38.2 Å². The highest BCUT2D eigenvalue weighted by Gasteiger charge is 2.20. The first kappa shape index (κ1) is 16.9. The molecular weight excluding hydrogens is 306 g/mol. The van der Waals surface area contributed by atoms with Crippen LogP contribution in [0.25, 0.3) is 0 Å². The van der Waals surface area contributed by atoms with Crippen LogP contribution in [0, 0.1) is 6.92 Å². The Morgan fingerprint density at radius 2 is 2.09 bits per heavy atom. The predicted octanol–water partition coefficient (Wildman–Crippen LogP) is 1.29. The minimum atomic E-state index is -0.404. The Balaban J connectivity index is 1.92. The van der Waals surface area contributed by atoms with E-state index in [1.54, 1.807) is 20.8 Å². The number of hydrogen-bond donors (Lipinski definition) is 1. The summed E-state index contributed by atoms with van der Waals surface area (Å²) in [5, 5.41) is 3.16. The second-order valence-electron chi connectivity index (χ2n) is 5.32. The number of amides is 1. The molecule has 0 spiro atoms. The standard InChI is InChI=1S/C14H21N3O4S/c1-9(2)21-13(19)12-10(3)15-14(22-12)16-11(18)8-17-4-6-20-7-5-17/h9H,4-8H2,1-3H3,(H,15,16,18). The first-order chi connectivity index (χ1) is 10.5. The van der Waals surface area contributed by atoms with Gasteiger partial charge in [0.05, 0.1) is 31.6 Å². The normalized spacial score (nSPS) is 15.8. The molecule has 1 N–H and O–H groups in total. The lowest BCUT2D eigenvalue weighted by molar-refractivity contribution is -0.118. The van der Waals surface area contributed by atoms with E-state index in [0.29, 0.717) is 35.5 Å². The van der Waals surface area contributed by atoms with Crippen molar-refractivity contribution >= 4 is 28.3 Å². The average molecular weight is 327 g/mol. The van der Waals surface area contributed by atoms with Crippen LogP contribution in [0.1, 0.15) is 29.2 Å². The molecule has 8 heteroatoms. The first-order valence-electron chi connectivity index (χ1n) is 7.24. The van der Waals surface area contributed by atoms with Crippen LogP contribution in [0.2, 0.25) is 0 Å². The highest BCUT2D eigenvalue weighted by Crippen LogP contribution is 2.23. The molecule has 0 atom stereocenters. The fraction of sp³-hybridized carbons (Fsp3) is 0.643. The number of morpholine rings is 1. The van der Waals surface area contributed by atoms with E-state index in [2.05, 4.69) is 10.3 Å². The maximum atomic E-state index is 12.0. The van der Waals surface area contributed by atoms with Gasteiger partial charge in [-0.25, -0.2) is 9.78 Å². The van der Waals surface area contributed by atoms with Crippen LogP contribution in [0.5, 0.6) is 0 Å². The van der Waals surface area contributed by atoms with E-state index in [4.69, 9.17) is 9.47 Å². The van der Waals surface area contributed by atoms with E-state index in [1.165, 1.54) is 0 Å². The molecule has 1 fully saturated rings. The van der Waals surface area contributed by atoms with Crippen molar-refractivity contribution in [1.29, 1.82) is 0 Å². The third kappa shape index (κ3) is 4.75. The zero-order chi connectivity index (χ0) is 16.1. The first-order valence-corrected chi connectivity index (χ1v) is 8.05. The van der Waals surface area contributed by atoms with Gasteiger partial charge in [0.1, 0.15) is 4.88 Å². The number of carbonyl (C=O) groups excluding carboxylic acids is 2. The topological polar surface area (TPSA) is 80.8 Å². The Morgan fingerprint density at radius 1 is 1.41 bits per heavy atom. The van der Waals surface area contributed by atoms with Crippen LogP contribution in [0.3, 0.4) is 0 Å². The molecule has 1 amide bonds. The van der Waals surface area contributed by atoms with Crippen LogP contribution in [0.4, 0.5) is 5.13 Å². The zero-order valence-corrected chi connectivity index (χ0v) is 13.9. The number of thiazole rings is 1. The van der Waals surface area contributed by atoms with E-state index in [1.807, 2.05) is 4.90 Å². The third-order valence-electron chi connectivity index (χ3n) is 3.04. The maximum absolute atomic E-state index is 12.0. The second-order valence-corrected chi connectivity index (χ2v) is 6.32. The summed E-state index contributed by atoms with van der Waals surface area (Å²) < 4.78 is 10.4. The summed E-state index contributed by atoms with van der Waals surface area (Å²) in [7, 11) is 0. The van der Waals surface area contributed by atoms with Gasteiger partial charge >= 0.3 is 5.97 Å². The van der Waals surface area contributed by atoms with Crippen LogP contribution in [0.15, 0.2) is 0 Å². The molecule has 2 heterocycles. The van der Waals surface area contributed by atoms with E-state index >= 15 is 0 Å². The number of carbonyl (C=O) groups is 2. The lowest BCUT2D eigenvalue weighted by Gasteiger charge is -2.25. The van der Waals surface area contributed by atoms with Crippen molar-refractivity contribution < 1.29 is 19.1 Å². The van der Waals surface area contributed by atoms with E-state index in [-0.39, 0.29) is 12.0 Å². The molecule has 0 aliphatic carbocycles. The largest absolute Gasteiger partial charge is 0.459 e. The Hall–Kier alpha value is -1.51. The van der Waals surface area contributed by atoms with Gasteiger partial charge in [-0.1, -0.05) is 11.3 Å². The lowest BCUT2D eigenvalue weighted by atomic mass is 10.4. The van der Waals surface area contributed by atoms with Crippen LogP contribution < -0.4 is 5.32 Å². The van der Waals surface area contributed by atoms with Crippen molar-refractivity contribution in [3.8, 4) is 0 Å².